The molecule has 4 nitrogen and oxygen atoms in total. The number of carbonyl (C=O) groups excluding carboxylic acids is 1. The first-order valence-corrected chi connectivity index (χ1v) is 7.15. The van der Waals surface area contributed by atoms with E-state index in [4.69, 9.17) is 13.9 Å². The number of hydrogen-bond acceptors (Lipinski definition) is 4. The largest absolute Gasteiger partial charge is 0.522 e. The highest BCUT2D eigenvalue weighted by atomic mass is 28.2. The molecule has 0 N–H and O–H groups in total. The lowest BCUT2D eigenvalue weighted by molar-refractivity contribution is -0.186. The van der Waals surface area contributed by atoms with Gasteiger partial charge in [-0.3, -0.25) is 0 Å². The Morgan fingerprint density at radius 2 is 1.71 bits per heavy atom. The molecule has 0 atom stereocenters. The molecule has 0 fully saturated rings. The fourth-order valence-corrected chi connectivity index (χ4v) is 1.26. The van der Waals surface area contributed by atoms with Crippen molar-refractivity contribution < 1.29 is 18.7 Å². The summed E-state index contributed by atoms with van der Waals surface area (Å²) >= 11 is 0. The lowest BCUT2D eigenvalue weighted by atomic mass is 10.5. The van der Waals surface area contributed by atoms with Gasteiger partial charge in [0.2, 0.25) is 9.76 Å². The Labute approximate surface area is 87.9 Å². The summed E-state index contributed by atoms with van der Waals surface area (Å²) in [5, 5.41) is 0. The molecule has 0 rings (SSSR count). The van der Waals surface area contributed by atoms with E-state index in [1.807, 2.05) is 20.4 Å². The first-order chi connectivity index (χ1) is 6.76. The van der Waals surface area contributed by atoms with E-state index in [9.17, 15) is 4.79 Å². The molecule has 0 saturated heterocycles. The Bertz CT molecular complexity index is 144. The molecule has 0 aliphatic rings. The molecule has 0 heterocycles. The van der Waals surface area contributed by atoms with E-state index >= 15 is 0 Å². The second kappa shape index (κ2) is 9.17. The highest BCUT2D eigenvalue weighted by Gasteiger charge is 2.19. The minimum atomic E-state index is -0.817. The Morgan fingerprint density at radius 1 is 1.21 bits per heavy atom. The molecule has 0 aromatic rings. The van der Waals surface area contributed by atoms with Gasteiger partial charge in [-0.15, -0.1) is 0 Å². The van der Waals surface area contributed by atoms with Crippen LogP contribution in [0.25, 0.3) is 0 Å². The van der Waals surface area contributed by atoms with Crippen LogP contribution in [0.5, 0.6) is 0 Å². The maximum atomic E-state index is 11.3. The third kappa shape index (κ3) is 6.12. The average Bonchev–Trinajstić information content (AvgIpc) is 2.18. The smallest absolute Gasteiger partial charge is 0.349 e. The fourth-order valence-electron chi connectivity index (χ4n) is 0.844. The predicted octanol–water partition coefficient (Wildman–Crippen LogP) is 0.841. The SMILES string of the molecule is CCCOC(OCCC)C(=O)O[SiH2]C. The molecule has 84 valence electrons. The number of rotatable bonds is 8. The summed E-state index contributed by atoms with van der Waals surface area (Å²) in [4.78, 5) is 11.3. The van der Waals surface area contributed by atoms with Gasteiger partial charge in [-0.1, -0.05) is 13.8 Å². The lowest BCUT2D eigenvalue weighted by Gasteiger charge is -2.16. The maximum Gasteiger partial charge on any atom is 0.349 e. The zero-order valence-electron chi connectivity index (χ0n) is 9.25. The molecule has 0 amide bonds. The fraction of sp³-hybridized carbons (Fsp3) is 0.889. The molecule has 0 radical (unpaired) electrons. The molecule has 0 unspecified atom stereocenters. The van der Waals surface area contributed by atoms with Crippen LogP contribution in [0.15, 0.2) is 0 Å². The van der Waals surface area contributed by atoms with Crippen LogP contribution < -0.4 is 0 Å². The molecule has 0 aliphatic carbocycles. The van der Waals surface area contributed by atoms with Crippen LogP contribution in [0.3, 0.4) is 0 Å². The zero-order chi connectivity index (χ0) is 10.8. The normalized spacial score (nSPS) is 11.4. The van der Waals surface area contributed by atoms with Gasteiger partial charge >= 0.3 is 5.97 Å². The quantitative estimate of drug-likeness (QED) is 0.449. The van der Waals surface area contributed by atoms with Crippen molar-refractivity contribution >= 4 is 15.7 Å². The van der Waals surface area contributed by atoms with Gasteiger partial charge in [0.05, 0.1) is 13.2 Å². The van der Waals surface area contributed by atoms with Crippen LogP contribution in [-0.4, -0.2) is 35.2 Å². The van der Waals surface area contributed by atoms with Gasteiger partial charge < -0.3 is 13.9 Å². The Hall–Kier alpha value is -0.393. The summed E-state index contributed by atoms with van der Waals surface area (Å²) in [5.74, 6) is -0.374. The van der Waals surface area contributed by atoms with Crippen molar-refractivity contribution in [3.63, 3.8) is 0 Å². The van der Waals surface area contributed by atoms with Crippen LogP contribution in [0.4, 0.5) is 0 Å². The minimum Gasteiger partial charge on any atom is -0.522 e. The van der Waals surface area contributed by atoms with Gasteiger partial charge in [-0.25, -0.2) is 4.79 Å². The second-order valence-electron chi connectivity index (χ2n) is 2.83. The molecule has 0 aromatic carbocycles. The van der Waals surface area contributed by atoms with E-state index in [0.29, 0.717) is 13.2 Å². The summed E-state index contributed by atoms with van der Waals surface area (Å²) < 4.78 is 15.4. The van der Waals surface area contributed by atoms with Gasteiger partial charge in [0.25, 0.3) is 6.29 Å². The minimum absolute atomic E-state index is 0.374. The Kier molecular flexibility index (Phi) is 8.92. The van der Waals surface area contributed by atoms with Crippen molar-refractivity contribution in [1.29, 1.82) is 0 Å². The lowest BCUT2D eigenvalue weighted by Crippen LogP contribution is -2.30. The van der Waals surface area contributed by atoms with E-state index in [1.54, 1.807) is 0 Å². The molecular weight excluding hydrogens is 200 g/mol. The summed E-state index contributed by atoms with van der Waals surface area (Å²) in [6, 6.07) is 0. The van der Waals surface area contributed by atoms with Crippen LogP contribution in [0.1, 0.15) is 26.7 Å². The molecular formula is C9H20O4Si. The van der Waals surface area contributed by atoms with E-state index in [1.165, 1.54) is 0 Å². The van der Waals surface area contributed by atoms with Crippen LogP contribution in [0, 0.1) is 0 Å². The highest BCUT2D eigenvalue weighted by Crippen LogP contribution is 2.00. The van der Waals surface area contributed by atoms with Crippen molar-refractivity contribution in [1.82, 2.24) is 0 Å². The van der Waals surface area contributed by atoms with Crippen molar-refractivity contribution in [2.24, 2.45) is 0 Å². The molecule has 0 aliphatic heterocycles. The Morgan fingerprint density at radius 3 is 2.07 bits per heavy atom. The van der Waals surface area contributed by atoms with Gasteiger partial charge in [0.1, 0.15) is 0 Å². The number of hydrogen-bond donors (Lipinski definition) is 0. The predicted molar refractivity (Wildman–Crippen MR) is 56.8 cm³/mol. The summed E-state index contributed by atoms with van der Waals surface area (Å²) in [6.45, 7) is 6.91. The molecule has 0 bridgehead atoms. The Balaban J connectivity index is 3.88. The highest BCUT2D eigenvalue weighted by molar-refractivity contribution is 6.28. The first kappa shape index (κ1) is 13.6. The van der Waals surface area contributed by atoms with Crippen LogP contribution in [0.2, 0.25) is 6.55 Å². The summed E-state index contributed by atoms with van der Waals surface area (Å²) in [7, 11) is -0.732. The van der Waals surface area contributed by atoms with E-state index in [0.717, 1.165) is 12.8 Å². The van der Waals surface area contributed by atoms with Gasteiger partial charge in [0.15, 0.2) is 0 Å². The van der Waals surface area contributed by atoms with Crippen LogP contribution >= 0.6 is 0 Å². The first-order valence-electron chi connectivity index (χ1n) is 5.16. The van der Waals surface area contributed by atoms with Crippen molar-refractivity contribution in [3.8, 4) is 0 Å². The third-order valence-electron chi connectivity index (χ3n) is 1.43. The topological polar surface area (TPSA) is 44.8 Å². The second-order valence-corrected chi connectivity index (χ2v) is 3.69. The van der Waals surface area contributed by atoms with E-state index < -0.39 is 16.1 Å². The number of ether oxygens (including phenoxy) is 2. The molecule has 0 aromatic heterocycles. The maximum absolute atomic E-state index is 11.3. The van der Waals surface area contributed by atoms with Crippen molar-refractivity contribution in [2.75, 3.05) is 13.2 Å². The van der Waals surface area contributed by atoms with Crippen molar-refractivity contribution in [2.45, 2.75) is 39.5 Å². The van der Waals surface area contributed by atoms with Gasteiger partial charge in [-0.2, -0.15) is 0 Å². The molecule has 0 saturated carbocycles. The van der Waals surface area contributed by atoms with E-state index in [-0.39, 0.29) is 5.97 Å². The molecule has 0 spiro atoms. The summed E-state index contributed by atoms with van der Waals surface area (Å²) in [6.07, 6.45) is 0.911. The molecule has 14 heavy (non-hydrogen) atoms. The molecule has 5 heteroatoms. The zero-order valence-corrected chi connectivity index (χ0v) is 10.7. The monoisotopic (exact) mass is 220 g/mol. The third-order valence-corrected chi connectivity index (χ3v) is 2.00. The van der Waals surface area contributed by atoms with E-state index in [2.05, 4.69) is 0 Å². The van der Waals surface area contributed by atoms with Gasteiger partial charge in [0, 0.05) is 0 Å². The standard InChI is InChI=1S/C9H20O4Si/c1-4-6-11-9(12-7-5-2)8(10)13-14-3/h9H,4-7,14H2,1-3H3. The van der Waals surface area contributed by atoms with Gasteiger partial charge in [-0.05, 0) is 19.4 Å². The van der Waals surface area contributed by atoms with Crippen molar-refractivity contribution in [3.05, 3.63) is 0 Å². The van der Waals surface area contributed by atoms with Crippen LogP contribution in [-0.2, 0) is 18.7 Å². The summed E-state index contributed by atoms with van der Waals surface area (Å²) in [5.41, 5.74) is 0. The number of carbonyl (C=O) groups is 1. The average molecular weight is 220 g/mol.